The second-order valence-corrected chi connectivity index (χ2v) is 6.75. The number of anilines is 1. The van der Waals surface area contributed by atoms with E-state index in [0.717, 1.165) is 32.5 Å². The van der Waals surface area contributed by atoms with E-state index in [9.17, 15) is 4.39 Å². The Kier molecular flexibility index (Phi) is 3.93. The van der Waals surface area contributed by atoms with Crippen LogP contribution in [-0.4, -0.2) is 56.0 Å². The minimum atomic E-state index is -0.429. The summed E-state index contributed by atoms with van der Waals surface area (Å²) in [6, 6.07) is 0.161. The van der Waals surface area contributed by atoms with Crippen LogP contribution in [0.3, 0.4) is 0 Å². The van der Waals surface area contributed by atoms with E-state index in [4.69, 9.17) is 4.74 Å². The molecule has 2 aromatic heterocycles. The van der Waals surface area contributed by atoms with E-state index in [2.05, 4.69) is 31.5 Å². The van der Waals surface area contributed by atoms with Crippen LogP contribution < -0.4 is 5.32 Å². The Morgan fingerprint density at radius 1 is 1.38 bits per heavy atom. The second kappa shape index (κ2) is 6.10. The molecule has 0 bridgehead atoms. The minimum Gasteiger partial charge on any atom is -0.371 e. The fraction of sp³-hybridized carbons (Fsp3) is 0.562. The van der Waals surface area contributed by atoms with Crippen LogP contribution in [0.25, 0.3) is 0 Å². The largest absolute Gasteiger partial charge is 0.371 e. The van der Waals surface area contributed by atoms with Gasteiger partial charge in [-0.05, 0) is 6.42 Å². The fourth-order valence-corrected chi connectivity index (χ4v) is 3.66. The molecule has 2 unspecified atom stereocenters. The molecule has 7 nitrogen and oxygen atoms in total. The molecule has 4 rings (SSSR count). The number of aryl methyl sites for hydroxylation is 1. The van der Waals surface area contributed by atoms with Crippen molar-refractivity contribution < 1.29 is 9.13 Å². The van der Waals surface area contributed by atoms with Gasteiger partial charge in [-0.1, -0.05) is 0 Å². The zero-order chi connectivity index (χ0) is 16.6. The molecule has 8 heteroatoms. The number of nitrogens with zero attached hydrogens (tertiary/aromatic N) is 5. The maximum atomic E-state index is 12.9. The first-order valence-corrected chi connectivity index (χ1v) is 8.18. The van der Waals surface area contributed by atoms with Gasteiger partial charge in [0.1, 0.15) is 0 Å². The van der Waals surface area contributed by atoms with Crippen molar-refractivity contribution in [2.24, 2.45) is 7.05 Å². The lowest BCUT2D eigenvalue weighted by molar-refractivity contribution is 0.0120. The smallest absolute Gasteiger partial charge is 0.223 e. The molecule has 24 heavy (non-hydrogen) atoms. The predicted octanol–water partition coefficient (Wildman–Crippen LogP) is 1.19. The molecule has 2 aliphatic rings. The van der Waals surface area contributed by atoms with Gasteiger partial charge in [-0.15, -0.1) is 0 Å². The van der Waals surface area contributed by atoms with Gasteiger partial charge in [-0.2, -0.15) is 5.10 Å². The predicted molar refractivity (Wildman–Crippen MR) is 85.8 cm³/mol. The lowest BCUT2D eigenvalue weighted by atomic mass is 9.97. The van der Waals surface area contributed by atoms with Gasteiger partial charge in [-0.25, -0.2) is 14.4 Å². The van der Waals surface area contributed by atoms with Crippen LogP contribution in [0.1, 0.15) is 18.4 Å². The van der Waals surface area contributed by atoms with Gasteiger partial charge in [0, 0.05) is 44.9 Å². The standard InChI is InChI=1S/C16H21FN6O/c1-22-8-12(5-20-22)9-23-3-2-16(11-23)4-14(10-24-16)21-15-18-6-13(17)7-19-15/h5-8,14H,2-4,9-11H2,1H3,(H,18,19,21). The number of likely N-dealkylation sites (tertiary alicyclic amines) is 1. The van der Waals surface area contributed by atoms with Crippen LogP contribution >= 0.6 is 0 Å². The number of rotatable bonds is 4. The fourth-order valence-electron chi connectivity index (χ4n) is 3.66. The molecule has 2 aliphatic heterocycles. The molecule has 0 aliphatic carbocycles. The first kappa shape index (κ1) is 15.5. The summed E-state index contributed by atoms with van der Waals surface area (Å²) in [6.45, 7) is 3.47. The van der Waals surface area contributed by atoms with Gasteiger partial charge in [0.2, 0.25) is 5.95 Å². The van der Waals surface area contributed by atoms with Crippen molar-refractivity contribution in [1.29, 1.82) is 0 Å². The number of halogens is 1. The Morgan fingerprint density at radius 3 is 2.96 bits per heavy atom. The first-order chi connectivity index (χ1) is 11.6. The molecule has 0 amide bonds. The van der Waals surface area contributed by atoms with Crippen molar-refractivity contribution in [3.8, 4) is 0 Å². The van der Waals surface area contributed by atoms with Gasteiger partial charge in [0.15, 0.2) is 5.82 Å². The Balaban J connectivity index is 1.33. The number of hydrogen-bond acceptors (Lipinski definition) is 6. The summed E-state index contributed by atoms with van der Waals surface area (Å²) in [4.78, 5) is 10.3. The summed E-state index contributed by atoms with van der Waals surface area (Å²) in [5.74, 6) is 0.0220. The Hall–Kier alpha value is -2.06. The summed E-state index contributed by atoms with van der Waals surface area (Å²) < 4.78 is 20.8. The molecule has 4 heterocycles. The van der Waals surface area contributed by atoms with Gasteiger partial charge in [0.25, 0.3) is 0 Å². The third kappa shape index (κ3) is 3.25. The van der Waals surface area contributed by atoms with Crippen molar-refractivity contribution in [2.45, 2.75) is 31.0 Å². The number of aromatic nitrogens is 4. The van der Waals surface area contributed by atoms with Gasteiger partial charge < -0.3 is 10.1 Å². The topological polar surface area (TPSA) is 68.1 Å². The summed E-state index contributed by atoms with van der Waals surface area (Å²) in [7, 11) is 1.93. The monoisotopic (exact) mass is 332 g/mol. The summed E-state index contributed by atoms with van der Waals surface area (Å²) in [6.07, 6.45) is 8.25. The quantitative estimate of drug-likeness (QED) is 0.907. The highest BCUT2D eigenvalue weighted by Crippen LogP contribution is 2.36. The van der Waals surface area contributed by atoms with Gasteiger partial charge >= 0.3 is 0 Å². The Bertz CT molecular complexity index is 705. The molecule has 0 aromatic carbocycles. The molecule has 1 spiro atoms. The van der Waals surface area contributed by atoms with E-state index in [1.54, 1.807) is 0 Å². The number of ether oxygens (including phenoxy) is 1. The second-order valence-electron chi connectivity index (χ2n) is 6.75. The van der Waals surface area contributed by atoms with Crippen LogP contribution in [-0.2, 0) is 18.3 Å². The molecule has 2 aromatic rings. The van der Waals surface area contributed by atoms with Crippen molar-refractivity contribution in [3.63, 3.8) is 0 Å². The SMILES string of the molecule is Cn1cc(CN2CCC3(CC(Nc4ncc(F)cn4)CO3)C2)cn1. The normalized spacial score (nSPS) is 27.2. The summed E-state index contributed by atoms with van der Waals surface area (Å²) >= 11 is 0. The molecule has 0 saturated carbocycles. The van der Waals surface area contributed by atoms with E-state index < -0.39 is 5.82 Å². The van der Waals surface area contributed by atoms with E-state index in [-0.39, 0.29) is 11.6 Å². The lowest BCUT2D eigenvalue weighted by Crippen LogP contribution is -2.33. The lowest BCUT2D eigenvalue weighted by Gasteiger charge is -2.23. The third-order valence-corrected chi connectivity index (χ3v) is 4.72. The molecule has 0 radical (unpaired) electrons. The molecular weight excluding hydrogens is 311 g/mol. The zero-order valence-corrected chi connectivity index (χ0v) is 13.7. The Morgan fingerprint density at radius 2 is 2.21 bits per heavy atom. The van der Waals surface area contributed by atoms with Crippen LogP contribution in [0.2, 0.25) is 0 Å². The van der Waals surface area contributed by atoms with Crippen LogP contribution in [0.4, 0.5) is 10.3 Å². The number of nitrogens with one attached hydrogen (secondary N) is 1. The number of hydrogen-bond donors (Lipinski definition) is 1. The highest BCUT2D eigenvalue weighted by molar-refractivity contribution is 5.26. The minimum absolute atomic E-state index is 0.0973. The van der Waals surface area contributed by atoms with E-state index in [0.29, 0.717) is 12.6 Å². The van der Waals surface area contributed by atoms with E-state index in [1.165, 1.54) is 18.0 Å². The molecular formula is C16H21FN6O. The summed E-state index contributed by atoms with van der Waals surface area (Å²) in [5, 5.41) is 7.46. The van der Waals surface area contributed by atoms with Crippen molar-refractivity contribution in [1.82, 2.24) is 24.6 Å². The molecule has 128 valence electrons. The van der Waals surface area contributed by atoms with Gasteiger partial charge in [0.05, 0.1) is 36.8 Å². The van der Waals surface area contributed by atoms with Crippen LogP contribution in [0, 0.1) is 5.82 Å². The van der Waals surface area contributed by atoms with E-state index >= 15 is 0 Å². The van der Waals surface area contributed by atoms with Gasteiger partial charge in [-0.3, -0.25) is 9.58 Å². The molecule has 2 fully saturated rings. The molecule has 1 N–H and O–H groups in total. The van der Waals surface area contributed by atoms with Crippen molar-refractivity contribution in [2.75, 3.05) is 25.0 Å². The zero-order valence-electron chi connectivity index (χ0n) is 13.7. The third-order valence-electron chi connectivity index (χ3n) is 4.72. The molecule has 2 atom stereocenters. The first-order valence-electron chi connectivity index (χ1n) is 8.18. The van der Waals surface area contributed by atoms with Crippen LogP contribution in [0.5, 0.6) is 0 Å². The van der Waals surface area contributed by atoms with Crippen molar-refractivity contribution in [3.05, 3.63) is 36.2 Å². The average Bonchev–Trinajstić information content (AvgIpc) is 3.25. The summed E-state index contributed by atoms with van der Waals surface area (Å²) in [5.41, 5.74) is 1.13. The highest BCUT2D eigenvalue weighted by Gasteiger charge is 2.45. The van der Waals surface area contributed by atoms with E-state index in [1.807, 2.05) is 17.9 Å². The Labute approximate surface area is 139 Å². The maximum Gasteiger partial charge on any atom is 0.223 e. The van der Waals surface area contributed by atoms with Crippen molar-refractivity contribution >= 4 is 5.95 Å². The average molecular weight is 332 g/mol. The highest BCUT2D eigenvalue weighted by atomic mass is 19.1. The maximum absolute atomic E-state index is 12.9. The van der Waals surface area contributed by atoms with Crippen LogP contribution in [0.15, 0.2) is 24.8 Å². The molecule has 2 saturated heterocycles.